The fourth-order valence-electron chi connectivity index (χ4n) is 3.66. The van der Waals surface area contributed by atoms with Crippen LogP contribution in [0.2, 0.25) is 0 Å². The normalized spacial score (nSPS) is 14.8. The van der Waals surface area contributed by atoms with E-state index in [2.05, 4.69) is 27.1 Å². The molecule has 1 aliphatic rings. The third-order valence-electron chi connectivity index (χ3n) is 5.63. The van der Waals surface area contributed by atoms with Gasteiger partial charge in [-0.1, -0.05) is 6.92 Å². The zero-order chi connectivity index (χ0) is 23.4. The standard InChI is InChI=1S/C24H27FN4O3S/c1-3-17-15-26-24(27-16-17)29-12-10-20(11-13-29)32-19-6-4-18(5-7-19)28-23-9-8-21(14-22(23)25)33(2,30)31/h4-9,14-16,20,28H,3,10-13H2,1-2H3. The van der Waals surface area contributed by atoms with E-state index in [0.29, 0.717) is 5.69 Å². The van der Waals surface area contributed by atoms with Gasteiger partial charge in [-0.05, 0) is 54.4 Å². The molecule has 1 N–H and O–H groups in total. The van der Waals surface area contributed by atoms with Gasteiger partial charge in [-0.3, -0.25) is 0 Å². The van der Waals surface area contributed by atoms with E-state index in [0.717, 1.165) is 61.9 Å². The zero-order valence-corrected chi connectivity index (χ0v) is 19.5. The van der Waals surface area contributed by atoms with Crippen molar-refractivity contribution in [2.75, 3.05) is 29.6 Å². The van der Waals surface area contributed by atoms with E-state index in [1.165, 1.54) is 12.1 Å². The molecule has 1 saturated heterocycles. The fraction of sp³-hybridized carbons (Fsp3) is 0.333. The predicted octanol–water partition coefficient (Wildman–Crippen LogP) is 4.37. The van der Waals surface area contributed by atoms with E-state index >= 15 is 0 Å². The van der Waals surface area contributed by atoms with Gasteiger partial charge in [-0.15, -0.1) is 0 Å². The molecule has 0 aliphatic carbocycles. The Morgan fingerprint density at radius 3 is 2.33 bits per heavy atom. The quantitative estimate of drug-likeness (QED) is 0.549. The molecule has 1 fully saturated rings. The Kier molecular flexibility index (Phi) is 6.78. The average molecular weight is 471 g/mol. The van der Waals surface area contributed by atoms with Crippen molar-refractivity contribution >= 4 is 27.2 Å². The van der Waals surface area contributed by atoms with Crippen LogP contribution in [0.5, 0.6) is 5.75 Å². The zero-order valence-electron chi connectivity index (χ0n) is 18.7. The van der Waals surface area contributed by atoms with Gasteiger partial charge in [0, 0.05) is 50.3 Å². The molecule has 0 unspecified atom stereocenters. The highest BCUT2D eigenvalue weighted by atomic mass is 32.2. The molecule has 3 aromatic rings. The van der Waals surface area contributed by atoms with Gasteiger partial charge in [-0.25, -0.2) is 22.8 Å². The van der Waals surface area contributed by atoms with Gasteiger partial charge in [0.1, 0.15) is 17.7 Å². The van der Waals surface area contributed by atoms with Crippen LogP contribution in [0.3, 0.4) is 0 Å². The smallest absolute Gasteiger partial charge is 0.225 e. The predicted molar refractivity (Wildman–Crippen MR) is 127 cm³/mol. The summed E-state index contributed by atoms with van der Waals surface area (Å²) in [5.74, 6) is 0.881. The summed E-state index contributed by atoms with van der Waals surface area (Å²) < 4.78 is 43.5. The van der Waals surface area contributed by atoms with Gasteiger partial charge in [0.05, 0.1) is 10.6 Å². The summed E-state index contributed by atoms with van der Waals surface area (Å²) >= 11 is 0. The number of ether oxygens (including phenoxy) is 1. The van der Waals surface area contributed by atoms with Crippen molar-refractivity contribution in [1.29, 1.82) is 0 Å². The molecule has 9 heteroatoms. The average Bonchev–Trinajstić information content (AvgIpc) is 2.81. The second-order valence-corrected chi connectivity index (χ2v) is 10.1. The van der Waals surface area contributed by atoms with Crippen LogP contribution >= 0.6 is 0 Å². The van der Waals surface area contributed by atoms with E-state index in [9.17, 15) is 12.8 Å². The molecule has 4 rings (SSSR count). The van der Waals surface area contributed by atoms with E-state index in [1.807, 2.05) is 24.5 Å². The summed E-state index contributed by atoms with van der Waals surface area (Å²) in [6, 6.07) is 11.1. The van der Waals surface area contributed by atoms with Crippen molar-refractivity contribution in [3.05, 3.63) is 66.2 Å². The number of halogens is 1. The summed E-state index contributed by atoms with van der Waals surface area (Å²) in [4.78, 5) is 11.0. The lowest BCUT2D eigenvalue weighted by atomic mass is 10.1. The minimum atomic E-state index is -3.45. The molecule has 2 aromatic carbocycles. The van der Waals surface area contributed by atoms with Gasteiger partial charge in [0.25, 0.3) is 0 Å². The van der Waals surface area contributed by atoms with E-state index in [4.69, 9.17) is 4.74 Å². The van der Waals surface area contributed by atoms with Crippen LogP contribution in [-0.4, -0.2) is 43.8 Å². The van der Waals surface area contributed by atoms with Gasteiger partial charge >= 0.3 is 0 Å². The van der Waals surface area contributed by atoms with E-state index < -0.39 is 15.7 Å². The number of piperidine rings is 1. The molecule has 7 nitrogen and oxygen atoms in total. The first kappa shape index (κ1) is 23.0. The Balaban J connectivity index is 1.31. The second kappa shape index (κ2) is 9.74. The number of anilines is 3. The lowest BCUT2D eigenvalue weighted by molar-refractivity contribution is 0.170. The van der Waals surface area contributed by atoms with Crippen molar-refractivity contribution in [1.82, 2.24) is 9.97 Å². The number of aromatic nitrogens is 2. The maximum Gasteiger partial charge on any atom is 0.225 e. The summed E-state index contributed by atoms with van der Waals surface area (Å²) in [7, 11) is -3.45. The van der Waals surface area contributed by atoms with Crippen LogP contribution in [-0.2, 0) is 16.3 Å². The molecule has 174 valence electrons. The summed E-state index contributed by atoms with van der Waals surface area (Å²) in [5.41, 5.74) is 2.01. The molecule has 2 heterocycles. The number of nitrogens with one attached hydrogen (secondary N) is 1. The summed E-state index contributed by atoms with van der Waals surface area (Å²) in [6.07, 6.45) is 7.59. The topological polar surface area (TPSA) is 84.4 Å². The van der Waals surface area contributed by atoms with Gasteiger partial charge < -0.3 is 15.0 Å². The largest absolute Gasteiger partial charge is 0.490 e. The number of hydrogen-bond donors (Lipinski definition) is 1. The monoisotopic (exact) mass is 470 g/mol. The van der Waals surface area contributed by atoms with E-state index in [1.54, 1.807) is 12.1 Å². The number of rotatable bonds is 7. The van der Waals surface area contributed by atoms with Crippen LogP contribution < -0.4 is 15.0 Å². The molecule has 33 heavy (non-hydrogen) atoms. The van der Waals surface area contributed by atoms with Crippen molar-refractivity contribution in [3.63, 3.8) is 0 Å². The first-order valence-corrected chi connectivity index (χ1v) is 12.8. The van der Waals surface area contributed by atoms with Gasteiger partial charge in [-0.2, -0.15) is 0 Å². The third kappa shape index (κ3) is 5.78. The Bertz CT molecular complexity index is 1190. The Labute approximate surface area is 193 Å². The highest BCUT2D eigenvalue weighted by molar-refractivity contribution is 7.90. The minimum Gasteiger partial charge on any atom is -0.490 e. The van der Waals surface area contributed by atoms with Crippen molar-refractivity contribution in [3.8, 4) is 5.75 Å². The van der Waals surface area contributed by atoms with Crippen molar-refractivity contribution in [2.24, 2.45) is 0 Å². The summed E-state index contributed by atoms with van der Waals surface area (Å²) in [6.45, 7) is 3.75. The molecule has 0 bridgehead atoms. The lowest BCUT2D eigenvalue weighted by Gasteiger charge is -2.32. The SMILES string of the molecule is CCc1cnc(N2CCC(Oc3ccc(Nc4ccc(S(C)(=O)=O)cc4F)cc3)CC2)nc1. The lowest BCUT2D eigenvalue weighted by Crippen LogP contribution is -2.39. The number of nitrogens with zero attached hydrogens (tertiary/aromatic N) is 3. The molecule has 0 spiro atoms. The number of sulfone groups is 1. The second-order valence-electron chi connectivity index (χ2n) is 8.11. The number of aryl methyl sites for hydroxylation is 1. The molecule has 0 amide bonds. The van der Waals surface area contributed by atoms with Gasteiger partial charge in [0.2, 0.25) is 5.95 Å². The maximum atomic E-state index is 14.3. The van der Waals surface area contributed by atoms with E-state index in [-0.39, 0.29) is 16.7 Å². The van der Waals surface area contributed by atoms with Crippen molar-refractivity contribution < 1.29 is 17.5 Å². The first-order valence-electron chi connectivity index (χ1n) is 10.9. The molecule has 0 saturated carbocycles. The highest BCUT2D eigenvalue weighted by Crippen LogP contribution is 2.26. The van der Waals surface area contributed by atoms with Crippen LogP contribution in [0.1, 0.15) is 25.3 Å². The molecule has 1 aromatic heterocycles. The van der Waals surface area contributed by atoms with Gasteiger partial charge in [0.15, 0.2) is 9.84 Å². The Hall–Kier alpha value is -3.20. The molecule has 0 atom stereocenters. The van der Waals surface area contributed by atoms with Crippen LogP contribution in [0.25, 0.3) is 0 Å². The number of benzene rings is 2. The maximum absolute atomic E-state index is 14.3. The fourth-order valence-corrected chi connectivity index (χ4v) is 4.29. The van der Waals surface area contributed by atoms with Crippen LogP contribution in [0.15, 0.2) is 59.8 Å². The van der Waals surface area contributed by atoms with Crippen molar-refractivity contribution in [2.45, 2.75) is 37.2 Å². The molecular weight excluding hydrogens is 443 g/mol. The highest BCUT2D eigenvalue weighted by Gasteiger charge is 2.22. The number of hydrogen-bond acceptors (Lipinski definition) is 7. The van der Waals surface area contributed by atoms with Crippen LogP contribution in [0.4, 0.5) is 21.7 Å². The minimum absolute atomic E-state index is 0.0510. The molecule has 1 aliphatic heterocycles. The first-order chi connectivity index (χ1) is 15.8. The third-order valence-corrected chi connectivity index (χ3v) is 6.74. The van der Waals surface area contributed by atoms with Crippen LogP contribution in [0, 0.1) is 5.82 Å². The Morgan fingerprint density at radius 1 is 1.09 bits per heavy atom. The summed E-state index contributed by atoms with van der Waals surface area (Å²) in [5, 5.41) is 2.97. The Morgan fingerprint density at radius 2 is 1.76 bits per heavy atom. The molecular formula is C24H27FN4O3S. The molecule has 0 radical (unpaired) electrons.